The summed E-state index contributed by atoms with van der Waals surface area (Å²) in [6, 6.07) is 3.02. The van der Waals surface area contributed by atoms with Crippen LogP contribution in [0.5, 0.6) is 0 Å². The van der Waals surface area contributed by atoms with Crippen molar-refractivity contribution in [2.45, 2.75) is 33.0 Å². The molecule has 7 nitrogen and oxygen atoms in total. The minimum absolute atomic E-state index is 0.110. The zero-order valence-electron chi connectivity index (χ0n) is 15.2. The van der Waals surface area contributed by atoms with Crippen LogP contribution in [0.1, 0.15) is 20.3 Å². The number of hydrogen-bond acceptors (Lipinski definition) is 6. The standard InChI is InChI=1S/C17H18F4N6O/c1-3-26(4-2)16-11(18)10-22-15(23-16)13-9-14(12-5-8-28-25-12)27(24-13)7-6-17(19,20)21/h5,8-10H,3-4,6-7H2,1-2H3. The molecule has 0 saturated heterocycles. The SMILES string of the molecule is CCN(CC)c1nc(-c2cc(-c3ccon3)n(CCC(F)(F)F)n2)ncc1F. The van der Waals surface area contributed by atoms with E-state index in [9.17, 15) is 17.6 Å². The zero-order valence-corrected chi connectivity index (χ0v) is 15.2. The molecule has 3 aromatic rings. The fourth-order valence-corrected chi connectivity index (χ4v) is 2.71. The molecule has 0 radical (unpaired) electrons. The second-order valence-corrected chi connectivity index (χ2v) is 5.93. The van der Waals surface area contributed by atoms with Gasteiger partial charge in [0, 0.05) is 19.2 Å². The summed E-state index contributed by atoms with van der Waals surface area (Å²) in [5, 5.41) is 7.95. The predicted octanol–water partition coefficient (Wildman–Crippen LogP) is 3.93. The lowest BCUT2D eigenvalue weighted by molar-refractivity contribution is -0.137. The average Bonchev–Trinajstić information content (AvgIpc) is 3.31. The highest BCUT2D eigenvalue weighted by Gasteiger charge is 2.28. The first kappa shape index (κ1) is 19.8. The maximum Gasteiger partial charge on any atom is 0.390 e. The van der Waals surface area contributed by atoms with Crippen LogP contribution < -0.4 is 4.90 Å². The minimum atomic E-state index is -4.34. The van der Waals surface area contributed by atoms with Crippen molar-refractivity contribution in [3.63, 3.8) is 0 Å². The normalized spacial score (nSPS) is 11.8. The highest BCUT2D eigenvalue weighted by atomic mass is 19.4. The molecule has 0 bridgehead atoms. The molecule has 0 fully saturated rings. The van der Waals surface area contributed by atoms with Gasteiger partial charge in [-0.25, -0.2) is 14.4 Å². The van der Waals surface area contributed by atoms with Gasteiger partial charge in [0.1, 0.15) is 17.7 Å². The average molecular weight is 398 g/mol. The van der Waals surface area contributed by atoms with Gasteiger partial charge in [0.2, 0.25) is 0 Å². The van der Waals surface area contributed by atoms with Crippen molar-refractivity contribution < 1.29 is 22.1 Å². The number of nitrogens with zero attached hydrogens (tertiary/aromatic N) is 6. The molecule has 0 aliphatic rings. The smallest absolute Gasteiger partial charge is 0.364 e. The third kappa shape index (κ3) is 4.29. The van der Waals surface area contributed by atoms with Crippen molar-refractivity contribution in [3.05, 3.63) is 30.4 Å². The fraction of sp³-hybridized carbons (Fsp3) is 0.412. The molecule has 0 aliphatic carbocycles. The van der Waals surface area contributed by atoms with Crippen LogP contribution in [0.3, 0.4) is 0 Å². The molecular formula is C17H18F4N6O. The summed E-state index contributed by atoms with van der Waals surface area (Å²) in [6.07, 6.45) is -3.06. The van der Waals surface area contributed by atoms with Crippen molar-refractivity contribution in [3.8, 4) is 22.9 Å². The Morgan fingerprint density at radius 3 is 2.54 bits per heavy atom. The number of alkyl halides is 3. The second kappa shape index (κ2) is 7.95. The molecule has 0 spiro atoms. The molecule has 0 unspecified atom stereocenters. The van der Waals surface area contributed by atoms with E-state index in [4.69, 9.17) is 4.52 Å². The molecule has 0 saturated carbocycles. The van der Waals surface area contributed by atoms with Gasteiger partial charge >= 0.3 is 6.18 Å². The van der Waals surface area contributed by atoms with Crippen LogP contribution in [0, 0.1) is 5.82 Å². The zero-order chi connectivity index (χ0) is 20.3. The van der Waals surface area contributed by atoms with Crippen LogP contribution in [0.2, 0.25) is 0 Å². The number of aryl methyl sites for hydroxylation is 1. The minimum Gasteiger partial charge on any atom is -0.364 e. The Kier molecular flexibility index (Phi) is 5.61. The molecule has 0 aliphatic heterocycles. The van der Waals surface area contributed by atoms with E-state index >= 15 is 0 Å². The molecule has 3 rings (SSSR count). The van der Waals surface area contributed by atoms with Crippen molar-refractivity contribution in [1.82, 2.24) is 24.9 Å². The Morgan fingerprint density at radius 2 is 1.93 bits per heavy atom. The van der Waals surface area contributed by atoms with Crippen LogP contribution in [0.25, 0.3) is 22.9 Å². The first-order chi connectivity index (χ1) is 13.3. The van der Waals surface area contributed by atoms with E-state index in [0.717, 1.165) is 6.20 Å². The molecule has 11 heteroatoms. The summed E-state index contributed by atoms with van der Waals surface area (Å²) in [5.74, 6) is -0.359. The van der Waals surface area contributed by atoms with E-state index in [1.165, 1.54) is 23.1 Å². The second-order valence-electron chi connectivity index (χ2n) is 5.93. The van der Waals surface area contributed by atoms with Gasteiger partial charge in [-0.2, -0.15) is 18.3 Å². The Hall–Kier alpha value is -2.98. The Balaban J connectivity index is 2.02. The predicted molar refractivity (Wildman–Crippen MR) is 92.9 cm³/mol. The van der Waals surface area contributed by atoms with E-state index < -0.39 is 25.0 Å². The first-order valence-corrected chi connectivity index (χ1v) is 8.65. The monoisotopic (exact) mass is 398 g/mol. The summed E-state index contributed by atoms with van der Waals surface area (Å²) >= 11 is 0. The van der Waals surface area contributed by atoms with Gasteiger partial charge in [0.25, 0.3) is 0 Å². The van der Waals surface area contributed by atoms with Gasteiger partial charge < -0.3 is 9.42 Å². The lowest BCUT2D eigenvalue weighted by Gasteiger charge is -2.20. The van der Waals surface area contributed by atoms with Crippen LogP contribution in [0.15, 0.2) is 29.1 Å². The van der Waals surface area contributed by atoms with Crippen LogP contribution in [-0.2, 0) is 6.54 Å². The summed E-state index contributed by atoms with van der Waals surface area (Å²) in [6.45, 7) is 4.39. The fourth-order valence-electron chi connectivity index (χ4n) is 2.71. The Labute approximate surface area is 158 Å². The summed E-state index contributed by atoms with van der Waals surface area (Å²) in [5.41, 5.74) is 0.867. The molecule has 0 amide bonds. The molecular weight excluding hydrogens is 380 g/mol. The number of hydrogen-bond donors (Lipinski definition) is 0. The molecule has 28 heavy (non-hydrogen) atoms. The van der Waals surface area contributed by atoms with Gasteiger partial charge in [0.05, 0.1) is 24.9 Å². The first-order valence-electron chi connectivity index (χ1n) is 8.65. The molecule has 150 valence electrons. The van der Waals surface area contributed by atoms with Gasteiger partial charge in [-0.1, -0.05) is 5.16 Å². The van der Waals surface area contributed by atoms with Crippen LogP contribution in [-0.4, -0.2) is 44.2 Å². The largest absolute Gasteiger partial charge is 0.390 e. The third-order valence-electron chi connectivity index (χ3n) is 4.10. The third-order valence-corrected chi connectivity index (χ3v) is 4.10. The van der Waals surface area contributed by atoms with Gasteiger partial charge in [-0.15, -0.1) is 0 Å². The maximum absolute atomic E-state index is 14.1. The highest BCUT2D eigenvalue weighted by molar-refractivity contribution is 5.63. The lowest BCUT2D eigenvalue weighted by Crippen LogP contribution is -2.24. The van der Waals surface area contributed by atoms with Crippen molar-refractivity contribution in [2.75, 3.05) is 18.0 Å². The highest BCUT2D eigenvalue weighted by Crippen LogP contribution is 2.27. The number of anilines is 1. The van der Waals surface area contributed by atoms with Gasteiger partial charge in [-0.3, -0.25) is 4.68 Å². The van der Waals surface area contributed by atoms with Crippen molar-refractivity contribution in [2.24, 2.45) is 0 Å². The summed E-state index contributed by atoms with van der Waals surface area (Å²) in [4.78, 5) is 9.89. The molecule has 3 heterocycles. The van der Waals surface area contributed by atoms with Crippen molar-refractivity contribution >= 4 is 5.82 Å². The van der Waals surface area contributed by atoms with Crippen molar-refractivity contribution in [1.29, 1.82) is 0 Å². The molecule has 3 aromatic heterocycles. The molecule has 0 aromatic carbocycles. The van der Waals surface area contributed by atoms with Gasteiger partial charge in [-0.05, 0) is 19.9 Å². The summed E-state index contributed by atoms with van der Waals surface area (Å²) in [7, 11) is 0. The van der Waals surface area contributed by atoms with E-state index in [-0.39, 0.29) is 17.3 Å². The molecule has 0 N–H and O–H groups in total. The lowest BCUT2D eigenvalue weighted by atomic mass is 10.2. The number of aromatic nitrogens is 5. The number of rotatable bonds is 7. The van der Waals surface area contributed by atoms with Gasteiger partial charge in [0.15, 0.2) is 17.5 Å². The Bertz CT molecular complexity index is 918. The van der Waals surface area contributed by atoms with E-state index in [1.54, 1.807) is 4.90 Å². The van der Waals surface area contributed by atoms with Crippen LogP contribution >= 0.6 is 0 Å². The quantitative estimate of drug-likeness (QED) is 0.562. The molecule has 0 atom stereocenters. The maximum atomic E-state index is 14.1. The Morgan fingerprint density at radius 1 is 1.18 bits per heavy atom. The van der Waals surface area contributed by atoms with Crippen LogP contribution in [0.4, 0.5) is 23.4 Å². The van der Waals surface area contributed by atoms with E-state index in [2.05, 4.69) is 20.2 Å². The topological polar surface area (TPSA) is 72.9 Å². The summed E-state index contributed by atoms with van der Waals surface area (Å²) < 4.78 is 58.1. The van der Waals surface area contributed by atoms with E-state index in [1.807, 2.05) is 13.8 Å². The number of halogens is 4. The van der Waals surface area contributed by atoms with E-state index in [0.29, 0.717) is 24.5 Å².